The zero-order valence-electron chi connectivity index (χ0n) is 6.58. The van der Waals surface area contributed by atoms with E-state index in [0.717, 1.165) is 6.42 Å². The Labute approximate surface area is 65.5 Å². The van der Waals surface area contributed by atoms with Crippen LogP contribution in [-0.2, 0) is 4.79 Å². The number of hydrogen-bond acceptors (Lipinski definition) is 3. The van der Waals surface area contributed by atoms with Crippen LogP contribution in [0.1, 0.15) is 32.6 Å². The Balaban J connectivity index is 3.62. The third-order valence-corrected chi connectivity index (χ3v) is 1.31. The summed E-state index contributed by atoms with van der Waals surface area (Å²) in [6.07, 6.45) is 1.93. The summed E-state index contributed by atoms with van der Waals surface area (Å²) < 4.78 is 0. The molecule has 0 aliphatic heterocycles. The Morgan fingerprint density at radius 1 is 1.36 bits per heavy atom. The first-order valence-electron chi connectivity index (χ1n) is 3.62. The number of aliphatic carboxylic acids is 1. The minimum absolute atomic E-state index is 0.0411. The molecule has 0 unspecified atom stereocenters. The third-order valence-electron chi connectivity index (χ3n) is 1.31. The van der Waals surface area contributed by atoms with E-state index in [1.807, 2.05) is 6.92 Å². The van der Waals surface area contributed by atoms with Gasteiger partial charge < -0.3 is 10.3 Å². The molecule has 64 valence electrons. The molecule has 0 spiro atoms. The number of rotatable bonds is 5. The van der Waals surface area contributed by atoms with E-state index in [2.05, 4.69) is 5.16 Å². The molecule has 0 aromatic carbocycles. The summed E-state index contributed by atoms with van der Waals surface area (Å²) in [5.41, 5.74) is 0.565. The number of nitrogens with zero attached hydrogens (tertiary/aromatic N) is 1. The zero-order chi connectivity index (χ0) is 8.69. The minimum Gasteiger partial charge on any atom is -0.481 e. The van der Waals surface area contributed by atoms with E-state index in [-0.39, 0.29) is 6.42 Å². The monoisotopic (exact) mass is 159 g/mol. The Morgan fingerprint density at radius 3 is 2.36 bits per heavy atom. The highest BCUT2D eigenvalue weighted by Gasteiger charge is 2.02. The van der Waals surface area contributed by atoms with E-state index in [1.54, 1.807) is 0 Å². The predicted octanol–water partition coefficient (Wildman–Crippen LogP) is 1.48. The summed E-state index contributed by atoms with van der Waals surface area (Å²) in [7, 11) is 0. The van der Waals surface area contributed by atoms with Crippen molar-refractivity contribution in [2.75, 3.05) is 0 Å². The average molecular weight is 159 g/mol. The van der Waals surface area contributed by atoms with Gasteiger partial charge in [0, 0.05) is 0 Å². The predicted molar refractivity (Wildman–Crippen MR) is 41.0 cm³/mol. The van der Waals surface area contributed by atoms with Crippen molar-refractivity contribution >= 4 is 11.7 Å². The molecule has 4 nitrogen and oxygen atoms in total. The first-order valence-corrected chi connectivity index (χ1v) is 3.62. The van der Waals surface area contributed by atoms with Gasteiger partial charge in [0.1, 0.15) is 0 Å². The summed E-state index contributed by atoms with van der Waals surface area (Å²) >= 11 is 0. The van der Waals surface area contributed by atoms with E-state index in [1.165, 1.54) is 0 Å². The van der Waals surface area contributed by atoms with Gasteiger partial charge in [-0.15, -0.1) is 0 Å². The lowest BCUT2D eigenvalue weighted by Gasteiger charge is -1.98. The number of oxime groups is 1. The molecule has 0 fully saturated rings. The molecule has 0 aliphatic carbocycles. The Morgan fingerprint density at radius 2 is 2.00 bits per heavy atom. The van der Waals surface area contributed by atoms with Crippen LogP contribution < -0.4 is 0 Å². The Bertz CT molecular complexity index is 154. The molecule has 0 aromatic rings. The van der Waals surface area contributed by atoms with Crippen molar-refractivity contribution in [2.24, 2.45) is 5.16 Å². The highest BCUT2D eigenvalue weighted by molar-refractivity contribution is 5.86. The second-order valence-electron chi connectivity index (χ2n) is 2.31. The van der Waals surface area contributed by atoms with Crippen LogP contribution in [0.2, 0.25) is 0 Å². The summed E-state index contributed by atoms with van der Waals surface area (Å²) in [4.78, 5) is 10.1. The largest absolute Gasteiger partial charge is 0.481 e. The number of carboxylic acids is 1. The molecule has 0 rings (SSSR count). The lowest BCUT2D eigenvalue weighted by molar-refractivity contribution is -0.136. The van der Waals surface area contributed by atoms with Crippen LogP contribution in [0, 0.1) is 0 Å². The van der Waals surface area contributed by atoms with Crippen LogP contribution >= 0.6 is 0 Å². The van der Waals surface area contributed by atoms with Gasteiger partial charge in [-0.3, -0.25) is 4.79 Å². The molecule has 0 aromatic heterocycles. The summed E-state index contributed by atoms with van der Waals surface area (Å²) in [5.74, 6) is -0.859. The molecule has 0 radical (unpaired) electrons. The molecule has 0 heterocycles. The summed E-state index contributed by atoms with van der Waals surface area (Å²) in [6, 6.07) is 0. The van der Waals surface area contributed by atoms with E-state index in [0.29, 0.717) is 18.6 Å². The van der Waals surface area contributed by atoms with Crippen LogP contribution in [0.25, 0.3) is 0 Å². The molecular weight excluding hydrogens is 146 g/mol. The molecule has 4 heteroatoms. The molecule has 2 N–H and O–H groups in total. The highest BCUT2D eigenvalue weighted by Crippen LogP contribution is 2.00. The van der Waals surface area contributed by atoms with E-state index in [9.17, 15) is 4.79 Å². The van der Waals surface area contributed by atoms with Crippen molar-refractivity contribution < 1.29 is 15.1 Å². The van der Waals surface area contributed by atoms with Crippen molar-refractivity contribution in [3.63, 3.8) is 0 Å². The van der Waals surface area contributed by atoms with Gasteiger partial charge in [-0.05, 0) is 12.8 Å². The van der Waals surface area contributed by atoms with Gasteiger partial charge >= 0.3 is 5.97 Å². The van der Waals surface area contributed by atoms with Crippen molar-refractivity contribution in [1.82, 2.24) is 0 Å². The number of carboxylic acid groups (broad SMARTS) is 1. The average Bonchev–Trinajstić information content (AvgIpc) is 1.97. The maximum absolute atomic E-state index is 10.1. The second-order valence-corrected chi connectivity index (χ2v) is 2.31. The standard InChI is InChI=1S/C7H13NO3/c1-2-3-6(8-11)4-5-7(9)10/h11H,2-5H2,1H3,(H,9,10)/b8-6+. The first-order chi connectivity index (χ1) is 5.20. The van der Waals surface area contributed by atoms with Crippen LogP contribution in [0.3, 0.4) is 0 Å². The lowest BCUT2D eigenvalue weighted by atomic mass is 10.1. The van der Waals surface area contributed by atoms with Crippen LogP contribution in [0.4, 0.5) is 0 Å². The molecule has 0 aliphatic rings. The summed E-state index contributed by atoms with van der Waals surface area (Å²) in [6.45, 7) is 1.95. The first kappa shape index (κ1) is 9.94. The third kappa shape index (κ3) is 5.39. The molecule has 0 bridgehead atoms. The smallest absolute Gasteiger partial charge is 0.303 e. The van der Waals surface area contributed by atoms with Gasteiger partial charge in [0.2, 0.25) is 0 Å². The van der Waals surface area contributed by atoms with Crippen LogP contribution in [-0.4, -0.2) is 22.0 Å². The SMILES string of the molecule is CCC/C(CCC(=O)O)=N\O. The normalized spacial score (nSPS) is 11.5. The zero-order valence-corrected chi connectivity index (χ0v) is 6.58. The van der Waals surface area contributed by atoms with Gasteiger partial charge in [-0.25, -0.2) is 0 Å². The van der Waals surface area contributed by atoms with E-state index in [4.69, 9.17) is 10.3 Å². The fourth-order valence-electron chi connectivity index (χ4n) is 0.765. The maximum atomic E-state index is 10.1. The quantitative estimate of drug-likeness (QED) is 0.362. The van der Waals surface area contributed by atoms with Gasteiger partial charge in [-0.1, -0.05) is 18.5 Å². The van der Waals surface area contributed by atoms with E-state index >= 15 is 0 Å². The maximum Gasteiger partial charge on any atom is 0.303 e. The van der Waals surface area contributed by atoms with Crippen molar-refractivity contribution in [3.05, 3.63) is 0 Å². The number of carbonyl (C=O) groups is 1. The molecule has 0 saturated carbocycles. The lowest BCUT2D eigenvalue weighted by Crippen LogP contribution is -2.03. The van der Waals surface area contributed by atoms with Crippen molar-refractivity contribution in [1.29, 1.82) is 0 Å². The molecule has 0 amide bonds. The highest BCUT2D eigenvalue weighted by atomic mass is 16.4. The van der Waals surface area contributed by atoms with Gasteiger partial charge in [-0.2, -0.15) is 0 Å². The topological polar surface area (TPSA) is 69.9 Å². The van der Waals surface area contributed by atoms with Crippen LogP contribution in [0.5, 0.6) is 0 Å². The van der Waals surface area contributed by atoms with Crippen molar-refractivity contribution in [3.8, 4) is 0 Å². The molecule has 0 atom stereocenters. The summed E-state index contributed by atoms with van der Waals surface area (Å²) in [5, 5.41) is 19.7. The Kier molecular flexibility index (Phi) is 5.15. The van der Waals surface area contributed by atoms with E-state index < -0.39 is 5.97 Å². The molecule has 11 heavy (non-hydrogen) atoms. The second kappa shape index (κ2) is 5.70. The minimum atomic E-state index is -0.859. The Hall–Kier alpha value is -1.06. The molecule has 0 saturated heterocycles. The fraction of sp³-hybridized carbons (Fsp3) is 0.714. The molecular formula is C7H13NO3. The van der Waals surface area contributed by atoms with Gasteiger partial charge in [0.25, 0.3) is 0 Å². The van der Waals surface area contributed by atoms with Crippen molar-refractivity contribution in [2.45, 2.75) is 32.6 Å². The van der Waals surface area contributed by atoms with Gasteiger partial charge in [0.15, 0.2) is 0 Å². The van der Waals surface area contributed by atoms with Crippen LogP contribution in [0.15, 0.2) is 5.16 Å². The fourth-order valence-corrected chi connectivity index (χ4v) is 0.765. The van der Waals surface area contributed by atoms with Gasteiger partial charge in [0.05, 0.1) is 12.1 Å². The number of hydrogen-bond donors (Lipinski definition) is 2.